The highest BCUT2D eigenvalue weighted by atomic mass is 28.4. The number of nitrogens with two attached hydrogens (primary N) is 2. The highest BCUT2D eigenvalue weighted by molar-refractivity contribution is 6.60. The Morgan fingerprint density at radius 2 is 1.83 bits per heavy atom. The molecule has 0 fully saturated rings. The van der Waals surface area contributed by atoms with Crippen LogP contribution < -0.4 is 11.5 Å². The van der Waals surface area contributed by atoms with Crippen molar-refractivity contribution in [2.75, 3.05) is 26.8 Å². The third kappa shape index (κ3) is 6.70. The fraction of sp³-hybridized carbons (Fsp3) is 0.647. The Balaban J connectivity index is 2.95. The van der Waals surface area contributed by atoms with Crippen LogP contribution in [0, 0.1) is 0 Å². The fourth-order valence-corrected chi connectivity index (χ4v) is 5.49. The summed E-state index contributed by atoms with van der Waals surface area (Å²) in [5, 5.41) is 0. The minimum atomic E-state index is -2.75. The van der Waals surface area contributed by atoms with Gasteiger partial charge in [-0.05, 0) is 45.3 Å². The first-order chi connectivity index (χ1) is 11.0. The molecule has 0 radical (unpaired) electrons. The lowest BCUT2D eigenvalue weighted by Crippen LogP contribution is -2.53. The summed E-state index contributed by atoms with van der Waals surface area (Å²) < 4.78 is 18.2. The van der Waals surface area contributed by atoms with E-state index < -0.39 is 14.4 Å². The Morgan fingerprint density at radius 1 is 1.13 bits per heavy atom. The van der Waals surface area contributed by atoms with Crippen LogP contribution in [-0.4, -0.2) is 41.2 Å². The molecule has 5 nitrogen and oxygen atoms in total. The van der Waals surface area contributed by atoms with Crippen LogP contribution >= 0.6 is 0 Å². The second kappa shape index (κ2) is 10.2. The van der Waals surface area contributed by atoms with E-state index in [2.05, 4.69) is 19.1 Å². The van der Waals surface area contributed by atoms with Crippen molar-refractivity contribution in [1.29, 1.82) is 0 Å². The quantitative estimate of drug-likeness (QED) is 0.571. The summed E-state index contributed by atoms with van der Waals surface area (Å²) in [7, 11) is -1.08. The van der Waals surface area contributed by atoms with Gasteiger partial charge in [-0.3, -0.25) is 0 Å². The molecule has 1 aromatic rings. The zero-order valence-corrected chi connectivity index (χ0v) is 15.7. The van der Waals surface area contributed by atoms with Gasteiger partial charge in [0.05, 0.1) is 5.60 Å². The second-order valence-corrected chi connectivity index (χ2v) is 8.73. The van der Waals surface area contributed by atoms with Crippen molar-refractivity contribution in [1.82, 2.24) is 0 Å². The summed E-state index contributed by atoms with van der Waals surface area (Å²) in [6.07, 6.45) is 2.35. The summed E-state index contributed by atoms with van der Waals surface area (Å²) in [6.45, 7) is 5.77. The average Bonchev–Trinajstić information content (AvgIpc) is 2.54. The van der Waals surface area contributed by atoms with E-state index in [1.54, 1.807) is 7.11 Å². The molecule has 6 heteroatoms. The highest BCUT2D eigenvalue weighted by Gasteiger charge is 2.45. The van der Waals surface area contributed by atoms with E-state index in [0.29, 0.717) is 19.7 Å². The molecule has 0 bridgehead atoms. The first kappa shape index (κ1) is 20.3. The van der Waals surface area contributed by atoms with Gasteiger partial charge >= 0.3 is 8.80 Å². The Bertz CT molecular complexity index is 435. The molecule has 2 atom stereocenters. The molecule has 0 spiro atoms. The van der Waals surface area contributed by atoms with Gasteiger partial charge in [-0.1, -0.05) is 30.3 Å². The van der Waals surface area contributed by atoms with Gasteiger partial charge in [0, 0.05) is 26.2 Å². The van der Waals surface area contributed by atoms with E-state index in [-0.39, 0.29) is 0 Å². The van der Waals surface area contributed by atoms with E-state index in [0.717, 1.165) is 25.3 Å². The molecule has 1 aromatic carbocycles. The molecular weight excluding hydrogens is 308 g/mol. The molecule has 23 heavy (non-hydrogen) atoms. The standard InChI is InChI=1S/C17H32N2O3Si/c1-4-21-23(20-3,14-8-12-18)22-17(2,11-13-19)15-16-9-6-5-7-10-16/h5-7,9-10H,4,8,11-15,18-19H2,1-3H3. The monoisotopic (exact) mass is 340 g/mol. The molecule has 0 saturated heterocycles. The predicted molar refractivity (Wildman–Crippen MR) is 96.2 cm³/mol. The van der Waals surface area contributed by atoms with Crippen molar-refractivity contribution in [3.05, 3.63) is 35.9 Å². The maximum Gasteiger partial charge on any atom is 0.501 e. The number of hydrogen-bond acceptors (Lipinski definition) is 5. The molecule has 0 aliphatic carbocycles. The fourth-order valence-electron chi connectivity index (χ4n) is 2.78. The van der Waals surface area contributed by atoms with Crippen LogP contribution in [0.4, 0.5) is 0 Å². The summed E-state index contributed by atoms with van der Waals surface area (Å²) >= 11 is 0. The molecule has 0 aliphatic heterocycles. The van der Waals surface area contributed by atoms with Crippen LogP contribution in [0.3, 0.4) is 0 Å². The maximum absolute atomic E-state index is 6.52. The Hall–Kier alpha value is -0.763. The van der Waals surface area contributed by atoms with Crippen LogP contribution in [0.15, 0.2) is 30.3 Å². The van der Waals surface area contributed by atoms with Crippen molar-refractivity contribution >= 4 is 8.80 Å². The van der Waals surface area contributed by atoms with Crippen molar-refractivity contribution in [3.63, 3.8) is 0 Å². The molecule has 1 rings (SSSR count). The Kier molecular flexibility index (Phi) is 8.97. The van der Waals surface area contributed by atoms with Gasteiger partial charge in [-0.2, -0.15) is 0 Å². The van der Waals surface area contributed by atoms with Gasteiger partial charge in [0.2, 0.25) is 0 Å². The minimum Gasteiger partial charge on any atom is -0.377 e. The van der Waals surface area contributed by atoms with Gasteiger partial charge in [0.25, 0.3) is 0 Å². The summed E-state index contributed by atoms with van der Waals surface area (Å²) in [5.74, 6) is 0. The SMILES string of the molecule is CCO[Si](CCCN)(OC)OC(C)(CCN)Cc1ccccc1. The summed E-state index contributed by atoms with van der Waals surface area (Å²) in [6, 6.07) is 11.0. The van der Waals surface area contributed by atoms with Crippen molar-refractivity contribution in [3.8, 4) is 0 Å². The Morgan fingerprint density at radius 3 is 2.35 bits per heavy atom. The van der Waals surface area contributed by atoms with Gasteiger partial charge < -0.3 is 24.7 Å². The third-order valence-corrected chi connectivity index (χ3v) is 6.98. The lowest BCUT2D eigenvalue weighted by molar-refractivity contribution is -0.0167. The van der Waals surface area contributed by atoms with E-state index in [1.807, 2.05) is 25.1 Å². The van der Waals surface area contributed by atoms with Gasteiger partial charge in [-0.25, -0.2) is 0 Å². The lowest BCUT2D eigenvalue weighted by atomic mass is 9.93. The molecule has 0 aromatic heterocycles. The highest BCUT2D eigenvalue weighted by Crippen LogP contribution is 2.29. The predicted octanol–water partition coefficient (Wildman–Crippen LogP) is 2.32. The van der Waals surface area contributed by atoms with Gasteiger partial charge in [0.15, 0.2) is 0 Å². The Labute approximate surface area is 141 Å². The number of benzene rings is 1. The molecule has 4 N–H and O–H groups in total. The molecular formula is C17H32N2O3Si. The largest absolute Gasteiger partial charge is 0.501 e. The topological polar surface area (TPSA) is 79.7 Å². The van der Waals surface area contributed by atoms with E-state index in [4.69, 9.17) is 24.7 Å². The molecule has 0 amide bonds. The molecule has 0 aliphatic rings. The molecule has 2 unspecified atom stereocenters. The number of hydrogen-bond donors (Lipinski definition) is 2. The molecule has 0 saturated carbocycles. The van der Waals surface area contributed by atoms with E-state index >= 15 is 0 Å². The van der Waals surface area contributed by atoms with E-state index in [9.17, 15) is 0 Å². The number of rotatable bonds is 12. The van der Waals surface area contributed by atoms with Gasteiger partial charge in [0.1, 0.15) is 0 Å². The zero-order chi connectivity index (χ0) is 17.2. The second-order valence-electron chi connectivity index (χ2n) is 5.97. The zero-order valence-electron chi connectivity index (χ0n) is 14.7. The van der Waals surface area contributed by atoms with Gasteiger partial charge in [-0.15, -0.1) is 0 Å². The van der Waals surface area contributed by atoms with Crippen LogP contribution in [-0.2, 0) is 19.7 Å². The van der Waals surface area contributed by atoms with Crippen LogP contribution in [0.25, 0.3) is 0 Å². The maximum atomic E-state index is 6.52. The molecule has 0 heterocycles. The first-order valence-electron chi connectivity index (χ1n) is 8.36. The average molecular weight is 341 g/mol. The normalized spacial score (nSPS) is 16.7. The summed E-state index contributed by atoms with van der Waals surface area (Å²) in [4.78, 5) is 0. The minimum absolute atomic E-state index is 0.415. The smallest absolute Gasteiger partial charge is 0.377 e. The third-order valence-electron chi connectivity index (χ3n) is 3.86. The van der Waals surface area contributed by atoms with Crippen molar-refractivity contribution in [2.45, 2.75) is 44.8 Å². The summed E-state index contributed by atoms with van der Waals surface area (Å²) in [5.41, 5.74) is 12.3. The van der Waals surface area contributed by atoms with Crippen molar-refractivity contribution in [2.24, 2.45) is 11.5 Å². The van der Waals surface area contributed by atoms with E-state index in [1.165, 1.54) is 5.56 Å². The van der Waals surface area contributed by atoms with Crippen molar-refractivity contribution < 1.29 is 13.3 Å². The van der Waals surface area contributed by atoms with Crippen LogP contribution in [0.5, 0.6) is 0 Å². The first-order valence-corrected chi connectivity index (χ1v) is 10.3. The van der Waals surface area contributed by atoms with Crippen LogP contribution in [0.2, 0.25) is 6.04 Å². The molecule has 132 valence electrons. The lowest BCUT2D eigenvalue weighted by Gasteiger charge is -2.39. The van der Waals surface area contributed by atoms with Crippen LogP contribution in [0.1, 0.15) is 32.3 Å².